The molecule has 0 saturated heterocycles. The molecule has 1 aromatic rings. The lowest BCUT2D eigenvalue weighted by Crippen LogP contribution is -2.39. The average Bonchev–Trinajstić information content (AvgIpc) is 2.24. The quantitative estimate of drug-likeness (QED) is 0.771. The van der Waals surface area contributed by atoms with Gasteiger partial charge in [-0.15, -0.1) is 11.6 Å². The first-order chi connectivity index (χ1) is 7.99. The summed E-state index contributed by atoms with van der Waals surface area (Å²) in [6.07, 6.45) is 0. The predicted molar refractivity (Wildman–Crippen MR) is 68.3 cm³/mol. The number of amides is 1. The highest BCUT2D eigenvalue weighted by molar-refractivity contribution is 6.33. The summed E-state index contributed by atoms with van der Waals surface area (Å²) in [5, 5.41) is 0.121. The van der Waals surface area contributed by atoms with Crippen LogP contribution in [-0.4, -0.2) is 29.3 Å². The van der Waals surface area contributed by atoms with Crippen LogP contribution in [0.25, 0.3) is 0 Å². The Bertz CT molecular complexity index is 389. The summed E-state index contributed by atoms with van der Waals surface area (Å²) in [7, 11) is 0. The summed E-state index contributed by atoms with van der Waals surface area (Å²) in [5.74, 6) is -0.734. The molecule has 0 aliphatic rings. The lowest BCUT2D eigenvalue weighted by Gasteiger charge is -2.26. The molecule has 1 aromatic carbocycles. The van der Waals surface area contributed by atoms with Crippen LogP contribution >= 0.6 is 23.2 Å². The lowest BCUT2D eigenvalue weighted by atomic mass is 10.1. The number of halogens is 3. The van der Waals surface area contributed by atoms with E-state index in [1.165, 1.54) is 23.1 Å². The fourth-order valence-corrected chi connectivity index (χ4v) is 1.96. The van der Waals surface area contributed by atoms with Crippen molar-refractivity contribution in [3.05, 3.63) is 34.6 Å². The predicted octanol–water partition coefficient (Wildman–Crippen LogP) is 3.57. The van der Waals surface area contributed by atoms with E-state index >= 15 is 0 Å². The van der Waals surface area contributed by atoms with E-state index in [0.717, 1.165) is 0 Å². The van der Waals surface area contributed by atoms with Gasteiger partial charge in [-0.1, -0.05) is 17.7 Å². The third-order valence-electron chi connectivity index (χ3n) is 2.39. The zero-order chi connectivity index (χ0) is 13.0. The maximum absolute atomic E-state index is 13.6. The molecule has 5 heteroatoms. The Morgan fingerprint density at radius 1 is 1.47 bits per heavy atom. The minimum absolute atomic E-state index is 0.0584. The first-order valence-electron chi connectivity index (χ1n) is 5.30. The minimum Gasteiger partial charge on any atom is -0.335 e. The monoisotopic (exact) mass is 277 g/mol. The third-order valence-corrected chi connectivity index (χ3v) is 2.87. The first-order valence-corrected chi connectivity index (χ1v) is 6.21. The van der Waals surface area contributed by atoms with Crippen molar-refractivity contribution in [2.75, 3.05) is 12.4 Å². The molecule has 1 amide bonds. The van der Waals surface area contributed by atoms with Crippen LogP contribution in [0.15, 0.2) is 18.2 Å². The number of carbonyl (C=O) groups is 1. The van der Waals surface area contributed by atoms with Gasteiger partial charge in [0, 0.05) is 18.5 Å². The molecule has 0 spiro atoms. The van der Waals surface area contributed by atoms with Crippen molar-refractivity contribution in [1.29, 1.82) is 0 Å². The van der Waals surface area contributed by atoms with Crippen LogP contribution in [0.4, 0.5) is 4.39 Å². The molecule has 17 heavy (non-hydrogen) atoms. The molecule has 0 aliphatic heterocycles. The fraction of sp³-hybridized carbons (Fsp3) is 0.417. The van der Waals surface area contributed by atoms with E-state index in [1.54, 1.807) is 0 Å². The van der Waals surface area contributed by atoms with Crippen molar-refractivity contribution in [3.63, 3.8) is 0 Å². The van der Waals surface area contributed by atoms with Crippen molar-refractivity contribution in [2.24, 2.45) is 0 Å². The van der Waals surface area contributed by atoms with Crippen LogP contribution in [-0.2, 0) is 0 Å². The van der Waals surface area contributed by atoms with Gasteiger partial charge < -0.3 is 4.90 Å². The minimum atomic E-state index is -0.609. The summed E-state index contributed by atoms with van der Waals surface area (Å²) in [6.45, 7) is 4.06. The van der Waals surface area contributed by atoms with Crippen molar-refractivity contribution >= 4 is 29.1 Å². The molecule has 0 N–H and O–H groups in total. The molecule has 0 saturated carbocycles. The van der Waals surface area contributed by atoms with E-state index in [4.69, 9.17) is 23.2 Å². The summed E-state index contributed by atoms with van der Waals surface area (Å²) < 4.78 is 13.6. The molecule has 2 nitrogen and oxygen atoms in total. The van der Waals surface area contributed by atoms with Crippen LogP contribution in [0.5, 0.6) is 0 Å². The standard InChI is InChI=1S/C12H14Cl2FNO/c1-8(2)16(7-6-13)12(17)11-9(14)4-3-5-10(11)15/h3-5,8H,6-7H2,1-2H3. The number of hydrogen-bond donors (Lipinski definition) is 0. The Morgan fingerprint density at radius 2 is 2.12 bits per heavy atom. The highest BCUT2D eigenvalue weighted by atomic mass is 35.5. The van der Waals surface area contributed by atoms with E-state index in [2.05, 4.69) is 0 Å². The van der Waals surface area contributed by atoms with Crippen LogP contribution < -0.4 is 0 Å². The highest BCUT2D eigenvalue weighted by Crippen LogP contribution is 2.21. The van der Waals surface area contributed by atoms with Crippen molar-refractivity contribution in [3.8, 4) is 0 Å². The van der Waals surface area contributed by atoms with Gasteiger partial charge in [-0.25, -0.2) is 4.39 Å². The summed E-state index contributed by atoms with van der Waals surface area (Å²) in [5.41, 5.74) is -0.0898. The molecule has 1 rings (SSSR count). The molecular formula is C12H14Cl2FNO. The molecule has 0 heterocycles. The molecule has 0 unspecified atom stereocenters. The Labute approximate surface area is 110 Å². The SMILES string of the molecule is CC(C)N(CCCl)C(=O)c1c(F)cccc1Cl. The van der Waals surface area contributed by atoms with E-state index in [9.17, 15) is 9.18 Å². The molecule has 0 bridgehead atoms. The van der Waals surface area contributed by atoms with E-state index < -0.39 is 11.7 Å². The average molecular weight is 278 g/mol. The Morgan fingerprint density at radius 3 is 2.59 bits per heavy atom. The van der Waals surface area contributed by atoms with Gasteiger partial charge in [0.15, 0.2) is 0 Å². The number of hydrogen-bond acceptors (Lipinski definition) is 1. The Kier molecular flexibility index (Phi) is 5.22. The third kappa shape index (κ3) is 3.33. The number of rotatable bonds is 4. The largest absolute Gasteiger partial charge is 0.335 e. The molecule has 0 aromatic heterocycles. The van der Waals surface area contributed by atoms with Crippen molar-refractivity contribution < 1.29 is 9.18 Å². The number of nitrogens with zero attached hydrogens (tertiary/aromatic N) is 1. The van der Waals surface area contributed by atoms with Gasteiger partial charge in [0.25, 0.3) is 5.91 Å². The highest BCUT2D eigenvalue weighted by Gasteiger charge is 2.23. The second kappa shape index (κ2) is 6.22. The van der Waals surface area contributed by atoms with Gasteiger partial charge in [0.1, 0.15) is 5.82 Å². The Balaban J connectivity index is 3.09. The lowest BCUT2D eigenvalue weighted by molar-refractivity contribution is 0.0713. The van der Waals surface area contributed by atoms with Gasteiger partial charge in [-0.2, -0.15) is 0 Å². The van der Waals surface area contributed by atoms with Crippen molar-refractivity contribution in [1.82, 2.24) is 4.90 Å². The fourth-order valence-electron chi connectivity index (χ4n) is 1.53. The maximum Gasteiger partial charge on any atom is 0.258 e. The van der Waals surface area contributed by atoms with Crippen LogP contribution in [0, 0.1) is 5.82 Å². The normalized spacial score (nSPS) is 10.7. The zero-order valence-electron chi connectivity index (χ0n) is 9.71. The number of alkyl halides is 1. The molecule has 0 radical (unpaired) electrons. The van der Waals surface area contributed by atoms with Gasteiger partial charge >= 0.3 is 0 Å². The smallest absolute Gasteiger partial charge is 0.258 e. The number of carbonyl (C=O) groups excluding carboxylic acids is 1. The van der Waals surface area contributed by atoms with E-state index in [1.807, 2.05) is 13.8 Å². The van der Waals surface area contributed by atoms with Gasteiger partial charge in [0.2, 0.25) is 0 Å². The van der Waals surface area contributed by atoms with Crippen LogP contribution in [0.2, 0.25) is 5.02 Å². The van der Waals surface area contributed by atoms with Gasteiger partial charge in [-0.3, -0.25) is 4.79 Å². The van der Waals surface area contributed by atoms with E-state index in [-0.39, 0.29) is 16.6 Å². The summed E-state index contributed by atoms with van der Waals surface area (Å²) in [6, 6.07) is 4.13. The Hall–Kier alpha value is -0.800. The van der Waals surface area contributed by atoms with E-state index in [0.29, 0.717) is 12.4 Å². The second-order valence-corrected chi connectivity index (χ2v) is 4.66. The van der Waals surface area contributed by atoms with Gasteiger partial charge in [-0.05, 0) is 26.0 Å². The molecule has 94 valence electrons. The second-order valence-electron chi connectivity index (χ2n) is 3.88. The summed E-state index contributed by atoms with van der Waals surface area (Å²) >= 11 is 11.5. The van der Waals surface area contributed by atoms with Crippen molar-refractivity contribution in [2.45, 2.75) is 19.9 Å². The van der Waals surface area contributed by atoms with Gasteiger partial charge in [0.05, 0.1) is 10.6 Å². The first kappa shape index (κ1) is 14.3. The number of benzene rings is 1. The molecule has 0 atom stereocenters. The molecular weight excluding hydrogens is 264 g/mol. The maximum atomic E-state index is 13.6. The van der Waals surface area contributed by atoms with Crippen LogP contribution in [0.1, 0.15) is 24.2 Å². The molecule has 0 fully saturated rings. The summed E-state index contributed by atoms with van der Waals surface area (Å²) in [4.78, 5) is 13.7. The van der Waals surface area contributed by atoms with Crippen LogP contribution in [0.3, 0.4) is 0 Å². The molecule has 0 aliphatic carbocycles. The topological polar surface area (TPSA) is 20.3 Å². The zero-order valence-corrected chi connectivity index (χ0v) is 11.2.